The van der Waals surface area contributed by atoms with Crippen LogP contribution in [-0.4, -0.2) is 38.3 Å². The Balaban J connectivity index is 2.10. The van der Waals surface area contributed by atoms with Crippen molar-refractivity contribution in [2.75, 3.05) is 26.3 Å². The van der Waals surface area contributed by atoms with E-state index < -0.39 is 12.7 Å². The molecular weight excluding hydrogens is 223 g/mol. The molecule has 0 aromatic rings. The number of hydrogen-bond donors (Lipinski definition) is 1. The average Bonchev–Trinajstić information content (AvgIpc) is 2.17. The summed E-state index contributed by atoms with van der Waals surface area (Å²) in [5, 5.41) is 2.11. The molecule has 6 heteroatoms. The van der Waals surface area contributed by atoms with Crippen LogP contribution in [0, 0.1) is 5.92 Å². The predicted octanol–water partition coefficient (Wildman–Crippen LogP) is 1.52. The van der Waals surface area contributed by atoms with Crippen LogP contribution in [0.25, 0.3) is 0 Å². The molecular formula is C10H16F3NO2. The van der Waals surface area contributed by atoms with Gasteiger partial charge in [0.1, 0.15) is 5.78 Å². The van der Waals surface area contributed by atoms with Crippen molar-refractivity contribution in [1.29, 1.82) is 0 Å². The van der Waals surface area contributed by atoms with Crippen molar-refractivity contribution < 1.29 is 22.7 Å². The number of alkyl halides is 3. The second-order valence-electron chi connectivity index (χ2n) is 4.02. The molecule has 1 aliphatic rings. The van der Waals surface area contributed by atoms with Crippen molar-refractivity contribution in [2.45, 2.75) is 25.4 Å². The molecule has 1 heterocycles. The van der Waals surface area contributed by atoms with E-state index in [2.05, 4.69) is 5.32 Å². The van der Waals surface area contributed by atoms with Crippen molar-refractivity contribution >= 4 is 5.78 Å². The van der Waals surface area contributed by atoms with Gasteiger partial charge in [-0.2, -0.15) is 13.2 Å². The predicted molar refractivity (Wildman–Crippen MR) is 52.1 cm³/mol. The molecule has 16 heavy (non-hydrogen) atoms. The van der Waals surface area contributed by atoms with Crippen LogP contribution in [0.2, 0.25) is 0 Å². The van der Waals surface area contributed by atoms with Crippen LogP contribution in [0.1, 0.15) is 19.3 Å². The van der Waals surface area contributed by atoms with Gasteiger partial charge >= 0.3 is 6.18 Å². The number of ether oxygens (including phenoxy) is 1. The van der Waals surface area contributed by atoms with Gasteiger partial charge < -0.3 is 10.1 Å². The zero-order chi connectivity index (χ0) is 12.0. The lowest BCUT2D eigenvalue weighted by Crippen LogP contribution is -2.33. The maximum absolute atomic E-state index is 11.8. The van der Waals surface area contributed by atoms with E-state index in [9.17, 15) is 18.0 Å². The molecule has 0 saturated carbocycles. The summed E-state index contributed by atoms with van der Waals surface area (Å²) in [5.74, 6) is 0.116. The molecule has 0 spiro atoms. The van der Waals surface area contributed by atoms with Gasteiger partial charge in [-0.1, -0.05) is 0 Å². The third-order valence-electron chi connectivity index (χ3n) is 2.50. The van der Waals surface area contributed by atoms with Gasteiger partial charge in [0.15, 0.2) is 0 Å². The Morgan fingerprint density at radius 1 is 1.31 bits per heavy atom. The fraction of sp³-hybridized carbons (Fsp3) is 0.900. The Labute approximate surface area is 92.3 Å². The largest absolute Gasteiger partial charge is 0.401 e. The van der Waals surface area contributed by atoms with Gasteiger partial charge in [0.25, 0.3) is 0 Å². The second kappa shape index (κ2) is 6.20. The number of carbonyl (C=O) groups is 1. The van der Waals surface area contributed by atoms with Gasteiger partial charge in [-0.05, 0) is 18.8 Å². The number of carbonyl (C=O) groups excluding carboxylic acids is 1. The van der Waals surface area contributed by atoms with Crippen LogP contribution in [-0.2, 0) is 9.53 Å². The molecule has 0 aromatic carbocycles. The van der Waals surface area contributed by atoms with E-state index in [1.165, 1.54) is 0 Å². The molecule has 0 radical (unpaired) electrons. The third-order valence-corrected chi connectivity index (χ3v) is 2.50. The van der Waals surface area contributed by atoms with E-state index in [-0.39, 0.29) is 18.2 Å². The maximum Gasteiger partial charge on any atom is 0.401 e. The first-order chi connectivity index (χ1) is 7.47. The molecule has 0 aliphatic carbocycles. The van der Waals surface area contributed by atoms with Crippen molar-refractivity contribution in [1.82, 2.24) is 5.32 Å². The monoisotopic (exact) mass is 239 g/mol. The minimum atomic E-state index is -4.25. The normalized spacial score (nSPS) is 18.7. The highest BCUT2D eigenvalue weighted by atomic mass is 19.4. The summed E-state index contributed by atoms with van der Waals surface area (Å²) in [7, 11) is 0. The topological polar surface area (TPSA) is 38.3 Å². The molecule has 0 atom stereocenters. The molecule has 3 nitrogen and oxygen atoms in total. The van der Waals surface area contributed by atoms with E-state index >= 15 is 0 Å². The first-order valence-corrected chi connectivity index (χ1v) is 5.34. The molecule has 0 amide bonds. The first-order valence-electron chi connectivity index (χ1n) is 5.34. The van der Waals surface area contributed by atoms with Crippen molar-refractivity contribution in [2.24, 2.45) is 5.92 Å². The fourth-order valence-corrected chi connectivity index (χ4v) is 1.69. The minimum Gasteiger partial charge on any atom is -0.381 e. The van der Waals surface area contributed by atoms with E-state index in [1.807, 2.05) is 0 Å². The number of Topliss-reactive ketones (excluding diaryl/α,β-unsaturated/α-hetero) is 1. The van der Waals surface area contributed by atoms with Crippen molar-refractivity contribution in [3.63, 3.8) is 0 Å². The van der Waals surface area contributed by atoms with E-state index in [4.69, 9.17) is 4.74 Å². The Morgan fingerprint density at radius 3 is 2.50 bits per heavy atom. The van der Waals surface area contributed by atoms with Crippen LogP contribution >= 0.6 is 0 Å². The Bertz CT molecular complexity index is 225. The van der Waals surface area contributed by atoms with Crippen LogP contribution < -0.4 is 5.32 Å². The van der Waals surface area contributed by atoms with Crippen LogP contribution in [0.3, 0.4) is 0 Å². The lowest BCUT2D eigenvalue weighted by molar-refractivity contribution is -0.128. The highest BCUT2D eigenvalue weighted by Gasteiger charge is 2.26. The van der Waals surface area contributed by atoms with Crippen LogP contribution in [0.4, 0.5) is 13.2 Å². The van der Waals surface area contributed by atoms with E-state index in [0.29, 0.717) is 19.6 Å². The summed E-state index contributed by atoms with van der Waals surface area (Å²) in [4.78, 5) is 11.3. The second-order valence-corrected chi connectivity index (χ2v) is 4.02. The SMILES string of the molecule is O=C(CNCC(F)(F)F)CC1CCOCC1. The summed E-state index contributed by atoms with van der Waals surface area (Å²) in [5.41, 5.74) is 0. The molecule has 1 rings (SSSR count). The highest BCUT2D eigenvalue weighted by molar-refractivity contribution is 5.80. The number of halogens is 3. The van der Waals surface area contributed by atoms with E-state index in [1.54, 1.807) is 0 Å². The molecule has 1 fully saturated rings. The lowest BCUT2D eigenvalue weighted by atomic mass is 9.94. The molecule has 0 unspecified atom stereocenters. The molecule has 1 saturated heterocycles. The highest BCUT2D eigenvalue weighted by Crippen LogP contribution is 2.18. The molecule has 94 valence electrons. The van der Waals surface area contributed by atoms with Crippen molar-refractivity contribution in [3.05, 3.63) is 0 Å². The van der Waals surface area contributed by atoms with Gasteiger partial charge in [-0.3, -0.25) is 4.79 Å². The summed E-state index contributed by atoms with van der Waals surface area (Å²) in [6, 6.07) is 0. The molecule has 1 aliphatic heterocycles. The number of hydrogen-bond acceptors (Lipinski definition) is 3. The summed E-state index contributed by atoms with van der Waals surface area (Å²) in [6.07, 6.45) is -2.25. The minimum absolute atomic E-state index is 0.156. The molecule has 1 N–H and O–H groups in total. The van der Waals surface area contributed by atoms with Gasteiger partial charge in [0.2, 0.25) is 0 Å². The van der Waals surface area contributed by atoms with Gasteiger partial charge in [0, 0.05) is 19.6 Å². The first kappa shape index (κ1) is 13.4. The zero-order valence-electron chi connectivity index (χ0n) is 8.98. The summed E-state index contributed by atoms with van der Waals surface area (Å²) in [6.45, 7) is -0.00869. The Hall–Kier alpha value is -0.620. The lowest BCUT2D eigenvalue weighted by Gasteiger charge is -2.21. The smallest absolute Gasteiger partial charge is 0.381 e. The standard InChI is InChI=1S/C10H16F3NO2/c11-10(12,13)7-14-6-9(15)5-8-1-3-16-4-2-8/h8,14H,1-7H2. The van der Waals surface area contributed by atoms with Crippen LogP contribution in [0.15, 0.2) is 0 Å². The van der Waals surface area contributed by atoms with Gasteiger partial charge in [-0.15, -0.1) is 0 Å². The summed E-state index contributed by atoms with van der Waals surface area (Å²) >= 11 is 0. The molecule has 0 bridgehead atoms. The fourth-order valence-electron chi connectivity index (χ4n) is 1.69. The van der Waals surface area contributed by atoms with Gasteiger partial charge in [0.05, 0.1) is 13.1 Å². The zero-order valence-corrected chi connectivity index (χ0v) is 8.98. The number of ketones is 1. The van der Waals surface area contributed by atoms with Gasteiger partial charge in [-0.25, -0.2) is 0 Å². The van der Waals surface area contributed by atoms with E-state index in [0.717, 1.165) is 12.8 Å². The summed E-state index contributed by atoms with van der Waals surface area (Å²) < 4.78 is 40.5. The molecule has 0 aromatic heterocycles. The third kappa shape index (κ3) is 6.07. The quantitative estimate of drug-likeness (QED) is 0.790. The number of rotatable bonds is 5. The van der Waals surface area contributed by atoms with Crippen molar-refractivity contribution in [3.8, 4) is 0 Å². The maximum atomic E-state index is 11.8. The van der Waals surface area contributed by atoms with Crippen LogP contribution in [0.5, 0.6) is 0 Å². The number of nitrogens with one attached hydrogen (secondary N) is 1. The Kier molecular flexibility index (Phi) is 5.21. The Morgan fingerprint density at radius 2 is 1.94 bits per heavy atom. The average molecular weight is 239 g/mol.